The number of thiophene rings is 1. The van der Waals surface area contributed by atoms with E-state index in [-0.39, 0.29) is 31.3 Å². The molecule has 0 atom stereocenters. The van der Waals surface area contributed by atoms with E-state index < -0.39 is 11.9 Å². The molecule has 23 heavy (non-hydrogen) atoms. The number of ether oxygens (including phenoxy) is 1. The van der Waals surface area contributed by atoms with Crippen molar-refractivity contribution >= 4 is 34.2 Å². The Balaban J connectivity index is 2.91. The molecule has 0 unspecified atom stereocenters. The molecule has 0 fully saturated rings. The first-order valence-electron chi connectivity index (χ1n) is 7.61. The van der Waals surface area contributed by atoms with Crippen LogP contribution < -0.4 is 5.32 Å². The molecular weight excluding hydrogens is 318 g/mol. The molecule has 6 nitrogen and oxygen atoms in total. The van der Waals surface area contributed by atoms with Gasteiger partial charge in [0.15, 0.2) is 0 Å². The van der Waals surface area contributed by atoms with Gasteiger partial charge in [-0.25, -0.2) is 4.79 Å². The standard InChI is InChI=1S/C16H23NO5S/c1-5-11-10(4)23-15(14(11)16(21)22-9(2)3)17-12(18)7-6-8-13(19)20/h9H,5-8H2,1-4H3,(H,17,18)(H,19,20). The van der Waals surface area contributed by atoms with Gasteiger partial charge < -0.3 is 15.2 Å². The van der Waals surface area contributed by atoms with Crippen molar-refractivity contribution in [3.8, 4) is 0 Å². The zero-order valence-corrected chi connectivity index (χ0v) is 14.7. The predicted octanol–water partition coefficient (Wildman–Crippen LogP) is 3.38. The minimum Gasteiger partial charge on any atom is -0.481 e. The normalized spacial score (nSPS) is 10.7. The van der Waals surface area contributed by atoms with Gasteiger partial charge in [-0.3, -0.25) is 9.59 Å². The highest BCUT2D eigenvalue weighted by Gasteiger charge is 2.24. The number of carboxylic acids is 1. The van der Waals surface area contributed by atoms with Crippen molar-refractivity contribution in [2.45, 2.75) is 59.5 Å². The summed E-state index contributed by atoms with van der Waals surface area (Å²) in [6.45, 7) is 7.38. The molecule has 0 aliphatic carbocycles. The molecule has 0 bridgehead atoms. The first kappa shape index (κ1) is 19.2. The Hall–Kier alpha value is -1.89. The molecule has 1 amide bonds. The summed E-state index contributed by atoms with van der Waals surface area (Å²) in [5.74, 6) is -1.67. The van der Waals surface area contributed by atoms with Crippen LogP contribution in [0.1, 0.15) is 60.8 Å². The van der Waals surface area contributed by atoms with Crippen molar-refractivity contribution < 1.29 is 24.2 Å². The van der Waals surface area contributed by atoms with Crippen LogP contribution in [-0.4, -0.2) is 29.1 Å². The van der Waals surface area contributed by atoms with Gasteiger partial charge in [-0.15, -0.1) is 11.3 Å². The maximum absolute atomic E-state index is 12.3. The van der Waals surface area contributed by atoms with E-state index in [9.17, 15) is 14.4 Å². The largest absolute Gasteiger partial charge is 0.481 e. The smallest absolute Gasteiger partial charge is 0.341 e. The van der Waals surface area contributed by atoms with E-state index >= 15 is 0 Å². The number of aryl methyl sites for hydroxylation is 1. The van der Waals surface area contributed by atoms with Crippen molar-refractivity contribution in [2.24, 2.45) is 0 Å². The van der Waals surface area contributed by atoms with Crippen LogP contribution in [0.25, 0.3) is 0 Å². The second-order valence-electron chi connectivity index (χ2n) is 5.44. The van der Waals surface area contributed by atoms with Gasteiger partial charge >= 0.3 is 11.9 Å². The van der Waals surface area contributed by atoms with Crippen molar-refractivity contribution in [3.63, 3.8) is 0 Å². The number of carboxylic acid groups (broad SMARTS) is 1. The highest BCUT2D eigenvalue weighted by atomic mass is 32.1. The summed E-state index contributed by atoms with van der Waals surface area (Å²) in [5.41, 5.74) is 1.29. The zero-order valence-electron chi connectivity index (χ0n) is 13.9. The number of aliphatic carboxylic acids is 1. The van der Waals surface area contributed by atoms with E-state index in [4.69, 9.17) is 9.84 Å². The first-order valence-corrected chi connectivity index (χ1v) is 8.42. The Morgan fingerprint density at radius 3 is 2.43 bits per heavy atom. The molecule has 2 N–H and O–H groups in total. The number of hydrogen-bond donors (Lipinski definition) is 2. The molecule has 0 saturated carbocycles. The number of amides is 1. The second kappa shape index (κ2) is 8.67. The Morgan fingerprint density at radius 1 is 1.26 bits per heavy atom. The number of nitrogens with one attached hydrogen (secondary N) is 1. The summed E-state index contributed by atoms with van der Waals surface area (Å²) in [6.07, 6.45) is 0.729. The topological polar surface area (TPSA) is 92.7 Å². The molecule has 1 rings (SSSR count). The van der Waals surface area contributed by atoms with Crippen LogP contribution in [0.5, 0.6) is 0 Å². The molecule has 1 heterocycles. The maximum atomic E-state index is 12.3. The third kappa shape index (κ3) is 5.67. The lowest BCUT2D eigenvalue weighted by Crippen LogP contribution is -2.17. The van der Waals surface area contributed by atoms with Gasteiger partial charge in [0, 0.05) is 17.7 Å². The Kier molecular flexibility index (Phi) is 7.22. The van der Waals surface area contributed by atoms with E-state index in [0.717, 1.165) is 10.4 Å². The van der Waals surface area contributed by atoms with E-state index in [1.165, 1.54) is 11.3 Å². The molecule has 1 aromatic heterocycles. The van der Waals surface area contributed by atoms with Crippen molar-refractivity contribution in [1.29, 1.82) is 0 Å². The van der Waals surface area contributed by atoms with Gasteiger partial charge in [-0.2, -0.15) is 0 Å². The molecular formula is C16H23NO5S. The third-order valence-corrected chi connectivity index (χ3v) is 4.22. The van der Waals surface area contributed by atoms with E-state index in [0.29, 0.717) is 17.0 Å². The van der Waals surface area contributed by atoms with Crippen LogP contribution in [0.15, 0.2) is 0 Å². The van der Waals surface area contributed by atoms with Crippen LogP contribution >= 0.6 is 11.3 Å². The van der Waals surface area contributed by atoms with Crippen LogP contribution in [0.3, 0.4) is 0 Å². The number of carbonyl (C=O) groups excluding carboxylic acids is 2. The van der Waals surface area contributed by atoms with Gasteiger partial charge in [-0.1, -0.05) is 6.92 Å². The van der Waals surface area contributed by atoms with Gasteiger partial charge in [-0.05, 0) is 39.2 Å². The van der Waals surface area contributed by atoms with Gasteiger partial charge in [0.25, 0.3) is 0 Å². The summed E-state index contributed by atoms with van der Waals surface area (Å²) in [7, 11) is 0. The van der Waals surface area contributed by atoms with Crippen molar-refractivity contribution in [2.75, 3.05) is 5.32 Å². The second-order valence-corrected chi connectivity index (χ2v) is 6.67. The summed E-state index contributed by atoms with van der Waals surface area (Å²) in [5, 5.41) is 11.8. The maximum Gasteiger partial charge on any atom is 0.341 e. The zero-order chi connectivity index (χ0) is 17.6. The number of esters is 1. The van der Waals surface area contributed by atoms with Crippen molar-refractivity contribution in [3.05, 3.63) is 16.0 Å². The summed E-state index contributed by atoms with van der Waals surface area (Å²) >= 11 is 1.34. The molecule has 0 radical (unpaired) electrons. The molecule has 0 aromatic carbocycles. The average Bonchev–Trinajstić information content (AvgIpc) is 2.72. The van der Waals surface area contributed by atoms with Gasteiger partial charge in [0.05, 0.1) is 11.7 Å². The highest BCUT2D eigenvalue weighted by molar-refractivity contribution is 7.16. The predicted molar refractivity (Wildman–Crippen MR) is 89.1 cm³/mol. The van der Waals surface area contributed by atoms with Gasteiger partial charge in [0.1, 0.15) is 5.00 Å². The lowest BCUT2D eigenvalue weighted by molar-refractivity contribution is -0.137. The number of carbonyl (C=O) groups is 3. The van der Waals surface area contributed by atoms with Crippen LogP contribution in [0.4, 0.5) is 5.00 Å². The molecule has 0 saturated heterocycles. The Labute approximate surface area is 139 Å². The molecule has 0 aliphatic heterocycles. The third-order valence-electron chi connectivity index (χ3n) is 3.16. The quantitative estimate of drug-likeness (QED) is 0.707. The molecule has 0 aliphatic rings. The van der Waals surface area contributed by atoms with E-state index in [1.54, 1.807) is 13.8 Å². The monoisotopic (exact) mass is 341 g/mol. The first-order chi connectivity index (χ1) is 10.8. The average molecular weight is 341 g/mol. The summed E-state index contributed by atoms with van der Waals surface area (Å²) in [4.78, 5) is 35.7. The SMILES string of the molecule is CCc1c(C)sc(NC(=O)CCCC(=O)O)c1C(=O)OC(C)C. The van der Waals surface area contributed by atoms with E-state index in [2.05, 4.69) is 5.32 Å². The highest BCUT2D eigenvalue weighted by Crippen LogP contribution is 2.34. The van der Waals surface area contributed by atoms with Crippen LogP contribution in [-0.2, 0) is 20.7 Å². The van der Waals surface area contributed by atoms with E-state index in [1.807, 2.05) is 13.8 Å². The summed E-state index contributed by atoms with van der Waals surface area (Å²) < 4.78 is 5.27. The minimum atomic E-state index is -0.931. The fourth-order valence-electron chi connectivity index (χ4n) is 2.17. The lowest BCUT2D eigenvalue weighted by Gasteiger charge is -2.11. The lowest BCUT2D eigenvalue weighted by atomic mass is 10.1. The van der Waals surface area contributed by atoms with Crippen molar-refractivity contribution in [1.82, 2.24) is 0 Å². The summed E-state index contributed by atoms with van der Waals surface area (Å²) in [6, 6.07) is 0. The number of anilines is 1. The molecule has 1 aromatic rings. The fourth-order valence-corrected chi connectivity index (χ4v) is 3.32. The Bertz CT molecular complexity index is 592. The number of rotatable bonds is 8. The van der Waals surface area contributed by atoms with Gasteiger partial charge in [0.2, 0.25) is 5.91 Å². The molecule has 128 valence electrons. The molecule has 7 heteroatoms. The number of hydrogen-bond acceptors (Lipinski definition) is 5. The molecule has 0 spiro atoms. The Morgan fingerprint density at radius 2 is 1.91 bits per heavy atom. The van der Waals surface area contributed by atoms with Crippen LogP contribution in [0.2, 0.25) is 0 Å². The fraction of sp³-hybridized carbons (Fsp3) is 0.562. The van der Waals surface area contributed by atoms with Crippen LogP contribution in [0, 0.1) is 6.92 Å². The minimum absolute atomic E-state index is 0.0562.